The van der Waals surface area contributed by atoms with E-state index in [0.717, 1.165) is 50.5 Å². The summed E-state index contributed by atoms with van der Waals surface area (Å²) in [5.74, 6) is 0.799. The molecule has 0 radical (unpaired) electrons. The van der Waals surface area contributed by atoms with Crippen LogP contribution in [0.3, 0.4) is 0 Å². The lowest BCUT2D eigenvalue weighted by molar-refractivity contribution is -0.127. The van der Waals surface area contributed by atoms with Crippen molar-refractivity contribution < 1.29 is 9.18 Å². The molecule has 1 fully saturated rings. The van der Waals surface area contributed by atoms with Crippen molar-refractivity contribution in [3.63, 3.8) is 0 Å². The normalized spacial score (nSPS) is 14.9. The summed E-state index contributed by atoms with van der Waals surface area (Å²) >= 11 is 0. The molecule has 0 saturated carbocycles. The fourth-order valence-corrected chi connectivity index (χ4v) is 3.04. The predicted octanol–water partition coefficient (Wildman–Crippen LogP) is 3.29. The second-order valence-corrected chi connectivity index (χ2v) is 7.35. The highest BCUT2D eigenvalue weighted by molar-refractivity contribution is 14.0. The van der Waals surface area contributed by atoms with Gasteiger partial charge in [0.2, 0.25) is 5.91 Å². The molecule has 5 nitrogen and oxygen atoms in total. The number of likely N-dealkylation sites (tertiary alicyclic amines) is 1. The van der Waals surface area contributed by atoms with Crippen molar-refractivity contribution in [3.8, 4) is 0 Å². The highest BCUT2D eigenvalue weighted by atomic mass is 127. The molecule has 0 aliphatic carbocycles. The molecule has 2 rings (SSSR count). The van der Waals surface area contributed by atoms with Crippen molar-refractivity contribution >= 4 is 35.8 Å². The highest BCUT2D eigenvalue weighted by Crippen LogP contribution is 2.24. The minimum Gasteiger partial charge on any atom is -0.357 e. The molecule has 0 unspecified atom stereocenters. The molecule has 152 valence electrons. The quantitative estimate of drug-likeness (QED) is 0.255. The van der Waals surface area contributed by atoms with Gasteiger partial charge in [-0.1, -0.05) is 26.0 Å². The molecule has 1 aromatic rings. The van der Waals surface area contributed by atoms with E-state index < -0.39 is 0 Å². The van der Waals surface area contributed by atoms with Crippen molar-refractivity contribution in [2.75, 3.05) is 32.7 Å². The number of nitrogens with one attached hydrogen (secondary N) is 2. The van der Waals surface area contributed by atoms with Gasteiger partial charge in [-0.25, -0.2) is 4.39 Å². The van der Waals surface area contributed by atoms with Crippen LogP contribution in [0.5, 0.6) is 0 Å². The molecule has 1 aliphatic rings. The third kappa shape index (κ3) is 7.63. The number of benzene rings is 1. The van der Waals surface area contributed by atoms with Crippen LogP contribution in [0.25, 0.3) is 0 Å². The number of rotatable bonds is 8. The van der Waals surface area contributed by atoms with Crippen molar-refractivity contribution in [1.29, 1.82) is 0 Å². The molecule has 0 bridgehead atoms. The first-order chi connectivity index (χ1) is 12.4. The number of carbonyl (C=O) groups is 1. The molecule has 2 N–H and O–H groups in total. The summed E-state index contributed by atoms with van der Waals surface area (Å²) < 4.78 is 13.5. The van der Waals surface area contributed by atoms with E-state index in [4.69, 9.17) is 0 Å². The third-order valence-corrected chi connectivity index (χ3v) is 4.65. The van der Waals surface area contributed by atoms with Gasteiger partial charge in [0.1, 0.15) is 5.82 Å². The van der Waals surface area contributed by atoms with Crippen LogP contribution in [-0.2, 0) is 10.2 Å². The molecule has 1 aliphatic heterocycles. The Bertz CT molecular complexity index is 636. The molecule has 1 aromatic carbocycles. The Balaban J connectivity index is 0.00000364. The van der Waals surface area contributed by atoms with Crippen LogP contribution in [0, 0.1) is 5.82 Å². The minimum absolute atomic E-state index is 0. The van der Waals surface area contributed by atoms with Gasteiger partial charge < -0.3 is 15.5 Å². The van der Waals surface area contributed by atoms with E-state index in [1.54, 1.807) is 12.1 Å². The SMILES string of the molecule is CCNC(=NCC(C)(C)c1cccc(F)c1)NCCCN1CCCC1=O.I. The molecule has 27 heavy (non-hydrogen) atoms. The van der Waals surface area contributed by atoms with Crippen LogP contribution in [0.4, 0.5) is 4.39 Å². The van der Waals surface area contributed by atoms with Gasteiger partial charge in [0.25, 0.3) is 0 Å². The Kier molecular flexibility index (Phi) is 10.0. The van der Waals surface area contributed by atoms with Crippen molar-refractivity contribution in [3.05, 3.63) is 35.6 Å². The topological polar surface area (TPSA) is 56.7 Å². The van der Waals surface area contributed by atoms with Crippen LogP contribution < -0.4 is 10.6 Å². The molecule has 0 spiro atoms. The Morgan fingerprint density at radius 1 is 1.33 bits per heavy atom. The zero-order chi connectivity index (χ0) is 19.0. The Labute approximate surface area is 179 Å². The Hall–Kier alpha value is -1.38. The van der Waals surface area contributed by atoms with Gasteiger partial charge in [-0.3, -0.25) is 9.79 Å². The molecule has 1 saturated heterocycles. The lowest BCUT2D eigenvalue weighted by Gasteiger charge is -2.24. The van der Waals surface area contributed by atoms with Crippen LogP contribution in [0.1, 0.15) is 45.6 Å². The summed E-state index contributed by atoms with van der Waals surface area (Å²) in [7, 11) is 0. The highest BCUT2D eigenvalue weighted by Gasteiger charge is 2.21. The first-order valence-electron chi connectivity index (χ1n) is 9.48. The van der Waals surface area contributed by atoms with Gasteiger partial charge in [-0.15, -0.1) is 24.0 Å². The minimum atomic E-state index is -0.258. The monoisotopic (exact) mass is 490 g/mol. The predicted molar refractivity (Wildman–Crippen MR) is 119 cm³/mol. The number of hydrogen-bond acceptors (Lipinski definition) is 2. The number of aliphatic imine (C=N–C) groups is 1. The van der Waals surface area contributed by atoms with E-state index in [9.17, 15) is 9.18 Å². The summed E-state index contributed by atoms with van der Waals surface area (Å²) in [5, 5.41) is 6.56. The molecule has 7 heteroatoms. The van der Waals surface area contributed by atoms with Gasteiger partial charge in [-0.2, -0.15) is 0 Å². The molecule has 0 atom stereocenters. The number of carbonyl (C=O) groups excluding carboxylic acids is 1. The maximum absolute atomic E-state index is 13.5. The summed E-state index contributed by atoms with van der Waals surface area (Å²) in [5.41, 5.74) is 0.677. The number of nitrogens with zero attached hydrogens (tertiary/aromatic N) is 2. The van der Waals surface area contributed by atoms with Gasteiger partial charge in [-0.05, 0) is 37.5 Å². The molecule has 1 amide bonds. The average Bonchev–Trinajstić information content (AvgIpc) is 3.01. The number of guanidine groups is 1. The first-order valence-corrected chi connectivity index (χ1v) is 9.48. The van der Waals surface area contributed by atoms with Crippen molar-refractivity contribution in [2.45, 2.75) is 45.4 Å². The maximum Gasteiger partial charge on any atom is 0.222 e. The van der Waals surface area contributed by atoms with E-state index in [0.29, 0.717) is 13.0 Å². The number of halogens is 2. The number of hydrogen-bond donors (Lipinski definition) is 2. The van der Waals surface area contributed by atoms with Gasteiger partial charge >= 0.3 is 0 Å². The van der Waals surface area contributed by atoms with Crippen LogP contribution in [0.15, 0.2) is 29.3 Å². The van der Waals surface area contributed by atoms with E-state index in [2.05, 4.69) is 29.5 Å². The van der Waals surface area contributed by atoms with Crippen LogP contribution >= 0.6 is 24.0 Å². The Morgan fingerprint density at radius 3 is 2.74 bits per heavy atom. The first kappa shape index (κ1) is 23.7. The van der Waals surface area contributed by atoms with Gasteiger partial charge in [0, 0.05) is 38.0 Å². The largest absolute Gasteiger partial charge is 0.357 e. The van der Waals surface area contributed by atoms with E-state index in [1.807, 2.05) is 17.9 Å². The fourth-order valence-electron chi connectivity index (χ4n) is 3.04. The third-order valence-electron chi connectivity index (χ3n) is 4.65. The lowest BCUT2D eigenvalue weighted by Crippen LogP contribution is -2.40. The second-order valence-electron chi connectivity index (χ2n) is 7.35. The average molecular weight is 490 g/mol. The van der Waals surface area contributed by atoms with E-state index in [-0.39, 0.29) is 41.1 Å². The van der Waals surface area contributed by atoms with Crippen LogP contribution in [0.2, 0.25) is 0 Å². The lowest BCUT2D eigenvalue weighted by atomic mass is 9.85. The summed E-state index contributed by atoms with van der Waals surface area (Å²) in [6, 6.07) is 6.70. The van der Waals surface area contributed by atoms with Crippen molar-refractivity contribution in [1.82, 2.24) is 15.5 Å². The Morgan fingerprint density at radius 2 is 2.11 bits per heavy atom. The zero-order valence-corrected chi connectivity index (χ0v) is 18.9. The second kappa shape index (κ2) is 11.5. The van der Waals surface area contributed by atoms with E-state index in [1.165, 1.54) is 6.07 Å². The summed E-state index contributed by atoms with van der Waals surface area (Å²) in [6.07, 6.45) is 2.56. The van der Waals surface area contributed by atoms with E-state index >= 15 is 0 Å². The van der Waals surface area contributed by atoms with Gasteiger partial charge in [0.15, 0.2) is 5.96 Å². The van der Waals surface area contributed by atoms with Crippen molar-refractivity contribution in [2.24, 2.45) is 4.99 Å². The molecular formula is C20H32FIN4O. The number of amides is 1. The molecule has 1 heterocycles. The fraction of sp³-hybridized carbons (Fsp3) is 0.600. The zero-order valence-electron chi connectivity index (χ0n) is 16.6. The van der Waals surface area contributed by atoms with Crippen LogP contribution in [-0.4, -0.2) is 49.5 Å². The molecule has 0 aromatic heterocycles. The molecular weight excluding hydrogens is 458 g/mol. The smallest absolute Gasteiger partial charge is 0.222 e. The summed E-state index contributed by atoms with van der Waals surface area (Å²) in [4.78, 5) is 18.2. The maximum atomic E-state index is 13.5. The summed E-state index contributed by atoms with van der Waals surface area (Å²) in [6.45, 7) is 9.91. The van der Waals surface area contributed by atoms with Gasteiger partial charge in [0.05, 0.1) is 6.54 Å². The standard InChI is InChI=1S/C20H31FN4O.HI/c1-4-22-19(23-11-7-13-25-12-6-10-18(25)26)24-15-20(2,3)16-8-5-9-17(21)14-16;/h5,8-9,14H,4,6-7,10-13,15H2,1-3H3,(H2,22,23,24);1H.